The van der Waals surface area contributed by atoms with E-state index < -0.39 is 0 Å². The second-order valence-corrected chi connectivity index (χ2v) is 3.89. The van der Waals surface area contributed by atoms with Gasteiger partial charge in [0.2, 0.25) is 0 Å². The van der Waals surface area contributed by atoms with Gasteiger partial charge in [-0.15, -0.1) is 0 Å². The fourth-order valence-electron chi connectivity index (χ4n) is 0.854. The molecule has 0 aliphatic heterocycles. The van der Waals surface area contributed by atoms with E-state index in [0.717, 1.165) is 10.2 Å². The number of nitrogens with two attached hydrogens (primary N) is 1. The van der Waals surface area contributed by atoms with E-state index in [1.165, 1.54) is 0 Å². The number of rotatable bonds is 3. The average Bonchev–Trinajstić information content (AvgIpc) is 2.19. The van der Waals surface area contributed by atoms with Crippen LogP contribution in [0.4, 0.5) is 5.69 Å². The van der Waals surface area contributed by atoms with Crippen LogP contribution in [0.25, 0.3) is 0 Å². The smallest absolute Gasteiger partial charge is 0.158 e. The van der Waals surface area contributed by atoms with Gasteiger partial charge in [-0.05, 0) is 18.2 Å². The van der Waals surface area contributed by atoms with Gasteiger partial charge in [-0.2, -0.15) is 0 Å². The molecule has 1 aromatic carbocycles. The lowest BCUT2D eigenvalue weighted by Crippen LogP contribution is -2.22. The summed E-state index contributed by atoms with van der Waals surface area (Å²) in [5.74, 6) is 0.0982. The Bertz CT molecular complexity index is 356. The molecule has 0 unspecified atom stereocenters. The van der Waals surface area contributed by atoms with E-state index in [9.17, 15) is 0 Å². The molecule has 1 aromatic rings. The first kappa shape index (κ1) is 11.1. The highest BCUT2D eigenvalue weighted by atomic mass is 79.9. The van der Waals surface area contributed by atoms with Gasteiger partial charge >= 0.3 is 0 Å². The van der Waals surface area contributed by atoms with Gasteiger partial charge in [0.05, 0.1) is 17.3 Å². The largest absolute Gasteiger partial charge is 0.409 e. The first-order valence-electron chi connectivity index (χ1n) is 3.79. The fraction of sp³-hybridized carbons (Fsp3) is 0.125. The monoisotopic (exact) mass is 277 g/mol. The zero-order chi connectivity index (χ0) is 10.6. The molecular formula is C8H9BrClN3O. The number of hydrogen-bond acceptors (Lipinski definition) is 3. The minimum atomic E-state index is 0.0982. The van der Waals surface area contributed by atoms with Crippen LogP contribution in [0.2, 0.25) is 5.02 Å². The van der Waals surface area contributed by atoms with Gasteiger partial charge in [0.1, 0.15) is 0 Å². The van der Waals surface area contributed by atoms with E-state index >= 15 is 0 Å². The van der Waals surface area contributed by atoms with Crippen LogP contribution in [0.15, 0.2) is 27.8 Å². The second-order valence-electron chi connectivity index (χ2n) is 2.57. The van der Waals surface area contributed by atoms with E-state index in [2.05, 4.69) is 26.4 Å². The van der Waals surface area contributed by atoms with E-state index in [1.54, 1.807) is 6.07 Å². The van der Waals surface area contributed by atoms with Crippen molar-refractivity contribution in [3.8, 4) is 0 Å². The molecule has 0 radical (unpaired) electrons. The molecule has 0 atom stereocenters. The Kier molecular flexibility index (Phi) is 4.03. The Labute approximate surface area is 94.9 Å². The third-order valence-electron chi connectivity index (χ3n) is 1.52. The maximum absolute atomic E-state index is 8.32. The number of anilines is 1. The first-order chi connectivity index (χ1) is 6.63. The number of nitrogens with one attached hydrogen (secondary N) is 1. The van der Waals surface area contributed by atoms with E-state index in [4.69, 9.17) is 22.5 Å². The summed E-state index contributed by atoms with van der Waals surface area (Å²) in [4.78, 5) is 0. The number of oxime groups is 1. The van der Waals surface area contributed by atoms with Crippen LogP contribution in [-0.4, -0.2) is 17.6 Å². The predicted octanol–water partition coefficient (Wildman–Crippen LogP) is 2.26. The third kappa shape index (κ3) is 3.08. The molecule has 0 saturated heterocycles. The molecule has 0 bridgehead atoms. The Morgan fingerprint density at radius 1 is 1.64 bits per heavy atom. The molecule has 6 heteroatoms. The van der Waals surface area contributed by atoms with E-state index in [-0.39, 0.29) is 12.4 Å². The Morgan fingerprint density at radius 3 is 3.00 bits per heavy atom. The van der Waals surface area contributed by atoms with Crippen molar-refractivity contribution in [3.63, 3.8) is 0 Å². The van der Waals surface area contributed by atoms with Crippen molar-refractivity contribution in [2.24, 2.45) is 10.9 Å². The van der Waals surface area contributed by atoms with Crippen molar-refractivity contribution in [1.82, 2.24) is 0 Å². The summed E-state index contributed by atoms with van der Waals surface area (Å²) in [6.07, 6.45) is 0. The summed E-state index contributed by atoms with van der Waals surface area (Å²) in [6.45, 7) is 0.243. The highest BCUT2D eigenvalue weighted by molar-refractivity contribution is 9.10. The fourth-order valence-corrected chi connectivity index (χ4v) is 1.40. The summed E-state index contributed by atoms with van der Waals surface area (Å²) in [6, 6.07) is 5.39. The number of amidine groups is 1. The van der Waals surface area contributed by atoms with Gasteiger partial charge in [-0.3, -0.25) is 0 Å². The molecule has 0 aliphatic rings. The lowest BCUT2D eigenvalue weighted by atomic mass is 10.3. The molecular weight excluding hydrogens is 269 g/mol. The van der Waals surface area contributed by atoms with E-state index in [1.807, 2.05) is 12.1 Å². The van der Waals surface area contributed by atoms with Crippen LogP contribution < -0.4 is 11.1 Å². The Balaban J connectivity index is 2.71. The molecule has 4 nitrogen and oxygen atoms in total. The normalized spacial score (nSPS) is 11.4. The highest BCUT2D eigenvalue weighted by Gasteiger charge is 2.01. The van der Waals surface area contributed by atoms with Crippen LogP contribution in [0, 0.1) is 0 Å². The van der Waals surface area contributed by atoms with Gasteiger partial charge in [-0.1, -0.05) is 32.7 Å². The number of benzene rings is 1. The SMILES string of the molecule is N/C(CNc1cc(Br)ccc1Cl)=N/O. The van der Waals surface area contributed by atoms with Gasteiger partial charge < -0.3 is 16.3 Å². The first-order valence-corrected chi connectivity index (χ1v) is 4.96. The van der Waals surface area contributed by atoms with Crippen LogP contribution in [0.5, 0.6) is 0 Å². The van der Waals surface area contributed by atoms with Crippen LogP contribution in [-0.2, 0) is 0 Å². The van der Waals surface area contributed by atoms with Crippen molar-refractivity contribution < 1.29 is 5.21 Å². The molecule has 0 aromatic heterocycles. The van der Waals surface area contributed by atoms with Crippen LogP contribution in [0.3, 0.4) is 0 Å². The maximum Gasteiger partial charge on any atom is 0.158 e. The second kappa shape index (κ2) is 5.07. The van der Waals surface area contributed by atoms with Crippen LogP contribution in [0.1, 0.15) is 0 Å². The van der Waals surface area contributed by atoms with E-state index in [0.29, 0.717) is 5.02 Å². The molecule has 0 spiro atoms. The van der Waals surface area contributed by atoms with Crippen molar-refractivity contribution >= 4 is 39.1 Å². The summed E-state index contributed by atoms with van der Waals surface area (Å²) in [7, 11) is 0. The summed E-state index contributed by atoms with van der Waals surface area (Å²) < 4.78 is 0.906. The molecule has 76 valence electrons. The molecule has 1 rings (SSSR count). The van der Waals surface area contributed by atoms with Gasteiger partial charge in [0.15, 0.2) is 5.84 Å². The molecule has 0 saturated carbocycles. The molecule has 14 heavy (non-hydrogen) atoms. The van der Waals surface area contributed by atoms with Crippen molar-refractivity contribution in [2.75, 3.05) is 11.9 Å². The van der Waals surface area contributed by atoms with Gasteiger partial charge in [0.25, 0.3) is 0 Å². The Hall–Kier alpha value is -0.940. The quantitative estimate of drug-likeness (QED) is 0.344. The Morgan fingerprint density at radius 2 is 2.36 bits per heavy atom. The number of nitrogens with zero attached hydrogens (tertiary/aromatic N) is 1. The number of halogens is 2. The van der Waals surface area contributed by atoms with Crippen molar-refractivity contribution in [2.45, 2.75) is 0 Å². The minimum absolute atomic E-state index is 0.0982. The highest BCUT2D eigenvalue weighted by Crippen LogP contribution is 2.25. The topological polar surface area (TPSA) is 70.6 Å². The van der Waals surface area contributed by atoms with Gasteiger partial charge in [-0.25, -0.2) is 0 Å². The summed E-state index contributed by atoms with van der Waals surface area (Å²) in [5, 5.41) is 14.7. The lowest BCUT2D eigenvalue weighted by molar-refractivity contribution is 0.317. The molecule has 0 amide bonds. The third-order valence-corrected chi connectivity index (χ3v) is 2.34. The maximum atomic E-state index is 8.32. The zero-order valence-electron chi connectivity index (χ0n) is 7.17. The average molecular weight is 279 g/mol. The molecule has 0 fully saturated rings. The summed E-state index contributed by atoms with van der Waals surface area (Å²) in [5.41, 5.74) is 6.02. The minimum Gasteiger partial charge on any atom is -0.409 e. The zero-order valence-corrected chi connectivity index (χ0v) is 9.51. The standard InChI is InChI=1S/C8H9BrClN3O/c9-5-1-2-6(10)7(3-5)12-4-8(11)13-14/h1-3,12,14H,4H2,(H2,11,13). The predicted molar refractivity (Wildman–Crippen MR) is 61.1 cm³/mol. The molecule has 0 heterocycles. The molecule has 0 aliphatic carbocycles. The van der Waals surface area contributed by atoms with Crippen LogP contribution >= 0.6 is 27.5 Å². The van der Waals surface area contributed by atoms with Gasteiger partial charge in [0, 0.05) is 4.47 Å². The summed E-state index contributed by atoms with van der Waals surface area (Å²) >= 11 is 9.21. The van der Waals surface area contributed by atoms with Crippen molar-refractivity contribution in [3.05, 3.63) is 27.7 Å². The van der Waals surface area contributed by atoms with Crippen molar-refractivity contribution in [1.29, 1.82) is 0 Å². The number of hydrogen-bond donors (Lipinski definition) is 3. The molecule has 4 N–H and O–H groups in total. The lowest BCUT2D eigenvalue weighted by Gasteiger charge is -2.07.